The van der Waals surface area contributed by atoms with Gasteiger partial charge >= 0.3 is 0 Å². The first kappa shape index (κ1) is 36.9. The van der Waals surface area contributed by atoms with Gasteiger partial charge < -0.3 is 13.9 Å². The Kier molecular flexibility index (Phi) is 8.53. The first-order valence-corrected chi connectivity index (χ1v) is 22.2. The highest BCUT2D eigenvalue weighted by Crippen LogP contribution is 2.42. The zero-order chi connectivity index (χ0) is 42.8. The van der Waals surface area contributed by atoms with Gasteiger partial charge in [0.1, 0.15) is 11.2 Å². The van der Waals surface area contributed by atoms with E-state index in [-0.39, 0.29) is 0 Å². The Morgan fingerprint density at radius 3 is 1.66 bits per heavy atom. The lowest BCUT2D eigenvalue weighted by Gasteiger charge is -2.26. The van der Waals surface area contributed by atoms with E-state index in [9.17, 15) is 0 Å². The molecule has 11 aromatic carbocycles. The van der Waals surface area contributed by atoms with Crippen LogP contribution in [0.5, 0.6) is 0 Å². The lowest BCUT2D eigenvalue weighted by molar-refractivity contribution is 0.670. The first-order valence-electron chi connectivity index (χ1n) is 22.2. The van der Waals surface area contributed by atoms with Gasteiger partial charge in [0.25, 0.3) is 0 Å². The number of benzene rings is 11. The Morgan fingerprint density at radius 2 is 0.892 bits per heavy atom. The molecule has 13 rings (SSSR count). The van der Waals surface area contributed by atoms with Crippen molar-refractivity contribution >= 4 is 82.4 Å². The van der Waals surface area contributed by atoms with Gasteiger partial charge in [0.2, 0.25) is 0 Å². The summed E-state index contributed by atoms with van der Waals surface area (Å²) in [6, 6.07) is 87.7. The quantitative estimate of drug-likeness (QED) is 0.149. The number of fused-ring (bicyclic) bond motifs is 9. The maximum Gasteiger partial charge on any atom is 0.143 e. The lowest BCUT2D eigenvalue weighted by atomic mass is 9.94. The van der Waals surface area contributed by atoms with Crippen LogP contribution in [-0.2, 0) is 0 Å². The molecule has 0 saturated heterocycles. The van der Waals surface area contributed by atoms with Gasteiger partial charge in [-0.15, -0.1) is 0 Å². The average molecular weight is 829 g/mol. The van der Waals surface area contributed by atoms with Crippen molar-refractivity contribution in [3.05, 3.63) is 243 Å². The van der Waals surface area contributed by atoms with Crippen molar-refractivity contribution in [2.24, 2.45) is 0 Å². The fourth-order valence-corrected chi connectivity index (χ4v) is 10.1. The zero-order valence-electron chi connectivity index (χ0n) is 35.4. The van der Waals surface area contributed by atoms with E-state index < -0.39 is 0 Å². The van der Waals surface area contributed by atoms with Crippen LogP contribution in [0.15, 0.2) is 247 Å². The van der Waals surface area contributed by atoms with E-state index in [1.807, 2.05) is 12.1 Å². The third kappa shape index (κ3) is 6.12. The summed E-state index contributed by atoms with van der Waals surface area (Å²) in [5, 5.41) is 9.80. The molecular formula is C62H40N2O. The molecule has 3 nitrogen and oxygen atoms in total. The largest absolute Gasteiger partial charge is 0.455 e. The van der Waals surface area contributed by atoms with Crippen molar-refractivity contribution in [2.75, 3.05) is 4.90 Å². The minimum Gasteiger partial charge on any atom is -0.455 e. The molecule has 0 aliphatic heterocycles. The van der Waals surface area contributed by atoms with Crippen LogP contribution < -0.4 is 4.90 Å². The molecule has 0 spiro atoms. The average Bonchev–Trinajstić information content (AvgIpc) is 3.93. The molecule has 2 aromatic heterocycles. The molecule has 0 aliphatic rings. The Balaban J connectivity index is 0.919. The van der Waals surface area contributed by atoms with Crippen LogP contribution in [0.1, 0.15) is 0 Å². The highest BCUT2D eigenvalue weighted by Gasteiger charge is 2.18. The number of aromatic nitrogens is 1. The number of anilines is 3. The lowest BCUT2D eigenvalue weighted by Crippen LogP contribution is -2.10. The highest BCUT2D eigenvalue weighted by atomic mass is 16.3. The molecule has 0 fully saturated rings. The van der Waals surface area contributed by atoms with Gasteiger partial charge in [0, 0.05) is 49.9 Å². The highest BCUT2D eigenvalue weighted by molar-refractivity contribution is 6.13. The molecule has 65 heavy (non-hydrogen) atoms. The summed E-state index contributed by atoms with van der Waals surface area (Å²) < 4.78 is 8.85. The minimum atomic E-state index is 0.902. The van der Waals surface area contributed by atoms with Crippen LogP contribution in [0.2, 0.25) is 0 Å². The van der Waals surface area contributed by atoms with Crippen molar-refractivity contribution < 1.29 is 4.42 Å². The van der Waals surface area contributed by atoms with E-state index in [0.717, 1.165) is 66.9 Å². The van der Waals surface area contributed by atoms with Gasteiger partial charge in [-0.25, -0.2) is 0 Å². The Labute approximate surface area is 376 Å². The van der Waals surface area contributed by atoms with Crippen LogP contribution in [-0.4, -0.2) is 4.57 Å². The summed E-state index contributed by atoms with van der Waals surface area (Å²) in [4.78, 5) is 2.37. The SMILES string of the molecule is c1cc(-c2cccc3c2ccc2ccccc23)cc(N(c2ccc(-c3cccc(-n4c5ccccc5c5ccccc54)c3)cc2)c2ccc(-c3cccc4c3oc3ccccc34)cc2)c1. The molecule has 0 bridgehead atoms. The maximum absolute atomic E-state index is 6.47. The van der Waals surface area contributed by atoms with Gasteiger partial charge in [0.05, 0.1) is 11.0 Å². The van der Waals surface area contributed by atoms with Gasteiger partial charge in [0.15, 0.2) is 0 Å². The summed E-state index contributed by atoms with van der Waals surface area (Å²) in [7, 11) is 0. The smallest absolute Gasteiger partial charge is 0.143 e. The summed E-state index contributed by atoms with van der Waals surface area (Å²) in [6.45, 7) is 0. The maximum atomic E-state index is 6.47. The van der Waals surface area contributed by atoms with E-state index in [2.05, 4.69) is 240 Å². The van der Waals surface area contributed by atoms with Gasteiger partial charge in [-0.3, -0.25) is 0 Å². The molecule has 3 heteroatoms. The number of hydrogen-bond donors (Lipinski definition) is 0. The molecule has 0 unspecified atom stereocenters. The Hall–Kier alpha value is -8.66. The van der Waals surface area contributed by atoms with Crippen molar-refractivity contribution in [1.82, 2.24) is 4.57 Å². The monoisotopic (exact) mass is 828 g/mol. The molecular weight excluding hydrogens is 789 g/mol. The summed E-state index contributed by atoms with van der Waals surface area (Å²) >= 11 is 0. The summed E-state index contributed by atoms with van der Waals surface area (Å²) in [5.74, 6) is 0. The van der Waals surface area contributed by atoms with Crippen LogP contribution in [0.4, 0.5) is 17.1 Å². The number of para-hydroxylation sites is 4. The Bertz CT molecular complexity index is 3900. The molecule has 0 N–H and O–H groups in total. The van der Waals surface area contributed by atoms with E-state index in [0.29, 0.717) is 0 Å². The van der Waals surface area contributed by atoms with Gasteiger partial charge in [-0.05, 0) is 116 Å². The fraction of sp³-hybridized carbons (Fsp3) is 0. The number of hydrogen-bond acceptors (Lipinski definition) is 2. The predicted molar refractivity (Wildman–Crippen MR) is 274 cm³/mol. The summed E-state index contributed by atoms with van der Waals surface area (Å²) in [5.41, 5.74) is 15.5. The molecule has 2 heterocycles. The Morgan fingerprint density at radius 1 is 0.308 bits per heavy atom. The molecule has 13 aromatic rings. The second-order valence-corrected chi connectivity index (χ2v) is 16.9. The van der Waals surface area contributed by atoms with Crippen LogP contribution >= 0.6 is 0 Å². The standard InChI is InChI=1S/C62H40N2O/c1-2-18-50-42(13-1)33-38-54-51(22-11-24-53(50)54)45-15-10-16-48(40-45)63(47-36-31-43(32-37-47)52-23-12-25-58-57-21-5-8-28-61(57)65-62(52)58)46-34-29-41(30-35-46)44-14-9-17-49(39-44)64-59-26-6-3-19-55(59)56-20-4-7-27-60(56)64/h1-40H. The number of furan rings is 1. The van der Waals surface area contributed by atoms with E-state index in [1.165, 1.54) is 54.5 Å². The van der Waals surface area contributed by atoms with Crippen molar-refractivity contribution in [3.8, 4) is 39.1 Å². The van der Waals surface area contributed by atoms with E-state index in [1.54, 1.807) is 0 Å². The third-order valence-electron chi connectivity index (χ3n) is 13.2. The normalized spacial score (nSPS) is 11.7. The van der Waals surface area contributed by atoms with Crippen molar-refractivity contribution in [1.29, 1.82) is 0 Å². The van der Waals surface area contributed by atoms with Gasteiger partial charge in [-0.1, -0.05) is 176 Å². The minimum absolute atomic E-state index is 0.902. The second kappa shape index (κ2) is 15.0. The van der Waals surface area contributed by atoms with Crippen LogP contribution in [0.25, 0.3) is 104 Å². The van der Waals surface area contributed by atoms with Gasteiger partial charge in [-0.2, -0.15) is 0 Å². The molecule has 0 aliphatic carbocycles. The molecule has 0 atom stereocenters. The molecule has 0 radical (unpaired) electrons. The second-order valence-electron chi connectivity index (χ2n) is 16.9. The fourth-order valence-electron chi connectivity index (χ4n) is 10.1. The van der Waals surface area contributed by atoms with Crippen molar-refractivity contribution in [2.45, 2.75) is 0 Å². The predicted octanol–water partition coefficient (Wildman–Crippen LogP) is 17.5. The molecule has 0 saturated carbocycles. The number of rotatable bonds is 7. The zero-order valence-corrected chi connectivity index (χ0v) is 35.4. The molecule has 0 amide bonds. The topological polar surface area (TPSA) is 21.3 Å². The third-order valence-corrected chi connectivity index (χ3v) is 13.2. The van der Waals surface area contributed by atoms with Crippen LogP contribution in [0.3, 0.4) is 0 Å². The first-order chi connectivity index (χ1) is 32.2. The van der Waals surface area contributed by atoms with Crippen molar-refractivity contribution in [3.63, 3.8) is 0 Å². The summed E-state index contributed by atoms with van der Waals surface area (Å²) in [6.07, 6.45) is 0. The number of nitrogens with zero attached hydrogens (tertiary/aromatic N) is 2. The molecule has 304 valence electrons. The van der Waals surface area contributed by atoms with E-state index >= 15 is 0 Å². The van der Waals surface area contributed by atoms with E-state index in [4.69, 9.17) is 4.42 Å². The van der Waals surface area contributed by atoms with Crippen LogP contribution in [0, 0.1) is 0 Å².